The van der Waals surface area contributed by atoms with Gasteiger partial charge in [-0.2, -0.15) is 13.2 Å². The lowest BCUT2D eigenvalue weighted by molar-refractivity contribution is -0.137. The topological polar surface area (TPSA) is 99.8 Å². The molecule has 4 rings (SSSR count). The Labute approximate surface area is 186 Å². The van der Waals surface area contributed by atoms with Gasteiger partial charge >= 0.3 is 12.1 Å². The van der Waals surface area contributed by atoms with E-state index in [1.807, 2.05) is 4.90 Å². The van der Waals surface area contributed by atoms with Crippen LogP contribution in [0.3, 0.4) is 0 Å². The number of carboxylic acids is 1. The Morgan fingerprint density at radius 2 is 1.94 bits per heavy atom. The number of nitrogens with zero attached hydrogens (tertiary/aromatic N) is 4. The van der Waals surface area contributed by atoms with Gasteiger partial charge in [0.25, 0.3) is 5.56 Å². The molecule has 0 aromatic carbocycles. The van der Waals surface area contributed by atoms with Crippen LogP contribution in [0.25, 0.3) is 5.65 Å². The molecule has 0 bridgehead atoms. The number of carbonyl (C=O) groups is 1. The fourth-order valence-corrected chi connectivity index (χ4v) is 3.98. The van der Waals surface area contributed by atoms with Crippen molar-refractivity contribution < 1.29 is 23.1 Å². The number of aromatic carboxylic acids is 1. The third-order valence-electron chi connectivity index (χ3n) is 5.63. The highest BCUT2D eigenvalue weighted by atomic mass is 19.4. The number of anilines is 2. The standard InChI is InChI=1S/C22H22F3N5O3/c1-13(27-16-6-5-7-26-19(16)21(32)33)15-10-14(22(23,24)25)12-30-18(31)11-17(28-20(15)30)29-8-3-2-4-9-29/h5-7,10-13,27H,2-4,8-9H2,1H3,(H,32,33)/t13-/m1/s1. The smallest absolute Gasteiger partial charge is 0.417 e. The number of rotatable bonds is 5. The molecule has 0 spiro atoms. The van der Waals surface area contributed by atoms with Crippen molar-refractivity contribution in [3.63, 3.8) is 0 Å². The fraction of sp³-hybridized carbons (Fsp3) is 0.364. The summed E-state index contributed by atoms with van der Waals surface area (Å²) < 4.78 is 41.7. The van der Waals surface area contributed by atoms with Gasteiger partial charge < -0.3 is 15.3 Å². The second-order valence-electron chi connectivity index (χ2n) is 7.95. The van der Waals surface area contributed by atoms with Gasteiger partial charge in [0.15, 0.2) is 5.69 Å². The molecule has 0 amide bonds. The molecule has 0 unspecified atom stereocenters. The number of pyridine rings is 2. The summed E-state index contributed by atoms with van der Waals surface area (Å²) in [5.74, 6) is -0.860. The molecule has 0 aliphatic carbocycles. The van der Waals surface area contributed by atoms with Crippen molar-refractivity contribution in [2.45, 2.75) is 38.4 Å². The molecule has 1 atom stereocenters. The molecule has 1 fully saturated rings. The molecule has 0 radical (unpaired) electrons. The first-order valence-corrected chi connectivity index (χ1v) is 10.5. The first-order chi connectivity index (χ1) is 15.6. The largest absolute Gasteiger partial charge is 0.476 e. The van der Waals surface area contributed by atoms with Crippen molar-refractivity contribution in [1.29, 1.82) is 0 Å². The average Bonchev–Trinajstić information content (AvgIpc) is 2.78. The second-order valence-corrected chi connectivity index (χ2v) is 7.95. The number of piperidine rings is 1. The minimum absolute atomic E-state index is 0.0804. The second kappa shape index (κ2) is 8.72. The SMILES string of the molecule is C[C@@H](Nc1cccnc1C(=O)O)c1cc(C(F)(F)F)cn2c(=O)cc(N3CCCCC3)nc12. The molecule has 0 saturated carbocycles. The summed E-state index contributed by atoms with van der Waals surface area (Å²) in [6, 6.07) is 4.37. The van der Waals surface area contributed by atoms with E-state index in [9.17, 15) is 27.9 Å². The number of hydrogen-bond donors (Lipinski definition) is 2. The first kappa shape index (κ1) is 22.6. The minimum atomic E-state index is -4.69. The van der Waals surface area contributed by atoms with Crippen molar-refractivity contribution in [3.05, 3.63) is 63.8 Å². The van der Waals surface area contributed by atoms with E-state index in [0.29, 0.717) is 18.9 Å². The number of fused-ring (bicyclic) bond motifs is 1. The average molecular weight is 461 g/mol. The maximum absolute atomic E-state index is 13.6. The molecule has 4 heterocycles. The molecule has 2 N–H and O–H groups in total. The van der Waals surface area contributed by atoms with E-state index in [2.05, 4.69) is 15.3 Å². The molecule has 1 saturated heterocycles. The summed E-state index contributed by atoms with van der Waals surface area (Å²) in [5.41, 5.74) is -1.55. The first-order valence-electron chi connectivity index (χ1n) is 10.5. The number of aromatic nitrogens is 3. The quantitative estimate of drug-likeness (QED) is 0.593. The number of halogens is 3. The Kier molecular flexibility index (Phi) is 5.96. The Bertz CT molecular complexity index is 1250. The van der Waals surface area contributed by atoms with Gasteiger partial charge in [0.1, 0.15) is 11.5 Å². The molecule has 11 heteroatoms. The summed E-state index contributed by atoms with van der Waals surface area (Å²) in [4.78, 5) is 34.6. The lowest BCUT2D eigenvalue weighted by atomic mass is 10.1. The Balaban J connectivity index is 1.86. The monoisotopic (exact) mass is 461 g/mol. The van der Waals surface area contributed by atoms with Crippen LogP contribution in [0, 0.1) is 0 Å². The van der Waals surface area contributed by atoms with Gasteiger partial charge in [0, 0.05) is 37.1 Å². The number of hydrogen-bond acceptors (Lipinski definition) is 6. The van der Waals surface area contributed by atoms with E-state index in [0.717, 1.165) is 35.9 Å². The number of nitrogens with one attached hydrogen (secondary N) is 1. The van der Waals surface area contributed by atoms with Gasteiger partial charge in [-0.15, -0.1) is 0 Å². The van der Waals surface area contributed by atoms with Gasteiger partial charge in [-0.1, -0.05) is 0 Å². The van der Waals surface area contributed by atoms with Crippen molar-refractivity contribution >= 4 is 23.1 Å². The number of carboxylic acid groups (broad SMARTS) is 1. The van der Waals surface area contributed by atoms with Crippen LogP contribution < -0.4 is 15.8 Å². The van der Waals surface area contributed by atoms with Crippen molar-refractivity contribution in [1.82, 2.24) is 14.4 Å². The van der Waals surface area contributed by atoms with Gasteiger partial charge in [0.2, 0.25) is 0 Å². The summed E-state index contributed by atoms with van der Waals surface area (Å²) in [6.07, 6.45) is 0.323. The molecular formula is C22H22F3N5O3. The third-order valence-corrected chi connectivity index (χ3v) is 5.63. The lowest BCUT2D eigenvalue weighted by Gasteiger charge is -2.28. The van der Waals surface area contributed by atoms with Gasteiger partial charge in [-0.05, 0) is 44.4 Å². The van der Waals surface area contributed by atoms with E-state index in [-0.39, 0.29) is 22.6 Å². The highest BCUT2D eigenvalue weighted by Gasteiger charge is 2.33. The van der Waals surface area contributed by atoms with Crippen molar-refractivity contribution in [3.8, 4) is 0 Å². The summed E-state index contributed by atoms with van der Waals surface area (Å²) >= 11 is 0. The zero-order valence-electron chi connectivity index (χ0n) is 17.8. The van der Waals surface area contributed by atoms with Crippen LogP contribution >= 0.6 is 0 Å². The lowest BCUT2D eigenvalue weighted by Crippen LogP contribution is -2.32. The van der Waals surface area contributed by atoms with Gasteiger partial charge in [-0.25, -0.2) is 14.8 Å². The summed E-state index contributed by atoms with van der Waals surface area (Å²) in [5, 5.41) is 12.3. The maximum Gasteiger partial charge on any atom is 0.417 e. The van der Waals surface area contributed by atoms with Crippen LogP contribution in [0.2, 0.25) is 0 Å². The molecular weight excluding hydrogens is 439 g/mol. The zero-order valence-corrected chi connectivity index (χ0v) is 17.8. The number of alkyl halides is 3. The van der Waals surface area contributed by atoms with E-state index >= 15 is 0 Å². The molecule has 3 aromatic rings. The normalized spacial score (nSPS) is 15.5. The van der Waals surface area contributed by atoms with Crippen LogP contribution in [-0.2, 0) is 6.18 Å². The Hall–Kier alpha value is -3.63. The van der Waals surface area contributed by atoms with Gasteiger partial charge in [-0.3, -0.25) is 9.20 Å². The van der Waals surface area contributed by atoms with Crippen LogP contribution in [0.15, 0.2) is 41.5 Å². The predicted octanol–water partition coefficient (Wildman–Crippen LogP) is 3.97. The van der Waals surface area contributed by atoms with Crippen LogP contribution in [0.5, 0.6) is 0 Å². The van der Waals surface area contributed by atoms with Gasteiger partial charge in [0.05, 0.1) is 17.3 Å². The van der Waals surface area contributed by atoms with Crippen molar-refractivity contribution in [2.75, 3.05) is 23.3 Å². The molecule has 174 valence electrons. The van der Waals surface area contributed by atoms with Crippen molar-refractivity contribution in [2.24, 2.45) is 0 Å². The molecule has 33 heavy (non-hydrogen) atoms. The van der Waals surface area contributed by atoms with E-state index < -0.39 is 29.3 Å². The molecule has 3 aromatic heterocycles. The van der Waals surface area contributed by atoms with Crippen LogP contribution in [0.4, 0.5) is 24.7 Å². The highest BCUT2D eigenvalue weighted by molar-refractivity contribution is 5.91. The Morgan fingerprint density at radius 3 is 2.61 bits per heavy atom. The maximum atomic E-state index is 13.6. The van der Waals surface area contributed by atoms with E-state index in [1.54, 1.807) is 6.92 Å². The van der Waals surface area contributed by atoms with E-state index in [1.165, 1.54) is 24.4 Å². The zero-order chi connectivity index (χ0) is 23.8. The molecule has 1 aliphatic heterocycles. The summed E-state index contributed by atoms with van der Waals surface area (Å²) in [6.45, 7) is 3.00. The fourth-order valence-electron chi connectivity index (χ4n) is 3.98. The van der Waals surface area contributed by atoms with E-state index in [4.69, 9.17) is 0 Å². The van der Waals surface area contributed by atoms with Crippen LogP contribution in [-0.4, -0.2) is 38.5 Å². The molecule has 1 aliphatic rings. The molecule has 8 nitrogen and oxygen atoms in total. The van der Waals surface area contributed by atoms with Crippen LogP contribution in [0.1, 0.15) is 53.8 Å². The summed E-state index contributed by atoms with van der Waals surface area (Å²) in [7, 11) is 0. The predicted molar refractivity (Wildman–Crippen MR) is 116 cm³/mol. The third kappa shape index (κ3) is 4.62. The Morgan fingerprint density at radius 1 is 1.21 bits per heavy atom. The minimum Gasteiger partial charge on any atom is -0.476 e. The highest BCUT2D eigenvalue weighted by Crippen LogP contribution is 2.33.